The molecule has 1 aromatic carbocycles. The summed E-state index contributed by atoms with van der Waals surface area (Å²) in [6, 6.07) is 2.28. The van der Waals surface area contributed by atoms with E-state index in [0.717, 1.165) is 37.0 Å². The van der Waals surface area contributed by atoms with Crippen molar-refractivity contribution >= 4 is 0 Å². The number of fused-ring (bicyclic) bond motifs is 1. The molecule has 0 fully saturated rings. The van der Waals surface area contributed by atoms with Crippen molar-refractivity contribution in [2.24, 2.45) is 0 Å². The zero-order valence-corrected chi connectivity index (χ0v) is 14.0. The van der Waals surface area contributed by atoms with Crippen molar-refractivity contribution in [2.75, 3.05) is 6.61 Å². The number of aliphatic hydroxyl groups excluding tert-OH is 1. The fraction of sp³-hybridized carbons (Fsp3) is 0.579. The Hall–Kier alpha value is -1.28. The van der Waals surface area contributed by atoms with E-state index in [1.807, 2.05) is 6.92 Å². The first-order chi connectivity index (χ1) is 9.86. The second-order valence-corrected chi connectivity index (χ2v) is 6.73. The Morgan fingerprint density at radius 2 is 2.05 bits per heavy atom. The molecule has 2 nitrogen and oxygen atoms in total. The van der Waals surface area contributed by atoms with E-state index in [1.165, 1.54) is 22.3 Å². The van der Waals surface area contributed by atoms with Crippen molar-refractivity contribution < 1.29 is 9.84 Å². The summed E-state index contributed by atoms with van der Waals surface area (Å²) in [5.41, 5.74) is 6.30. The molecule has 1 N–H and O–H groups in total. The van der Waals surface area contributed by atoms with Gasteiger partial charge in [-0.1, -0.05) is 17.7 Å². The molecule has 1 heterocycles. The van der Waals surface area contributed by atoms with E-state index in [-0.39, 0.29) is 12.2 Å². The summed E-state index contributed by atoms with van der Waals surface area (Å²) in [7, 11) is 0. The van der Waals surface area contributed by atoms with Crippen molar-refractivity contribution in [3.8, 4) is 5.75 Å². The molecule has 1 aromatic rings. The van der Waals surface area contributed by atoms with Gasteiger partial charge in [-0.3, -0.25) is 0 Å². The van der Waals surface area contributed by atoms with Crippen LogP contribution in [0.25, 0.3) is 0 Å². The molecule has 0 bridgehead atoms. The quantitative estimate of drug-likeness (QED) is 0.831. The summed E-state index contributed by atoms with van der Waals surface area (Å²) >= 11 is 0. The number of aryl methyl sites for hydroxylation is 2. The molecule has 0 aromatic heterocycles. The van der Waals surface area contributed by atoms with Gasteiger partial charge in [-0.05, 0) is 82.6 Å². The Morgan fingerprint density at radius 3 is 2.71 bits per heavy atom. The Bertz CT molecular complexity index is 557. The van der Waals surface area contributed by atoms with Crippen molar-refractivity contribution in [3.63, 3.8) is 0 Å². The van der Waals surface area contributed by atoms with Gasteiger partial charge in [0, 0.05) is 0 Å². The van der Waals surface area contributed by atoms with Crippen LogP contribution in [-0.2, 0) is 6.42 Å². The topological polar surface area (TPSA) is 29.5 Å². The van der Waals surface area contributed by atoms with Gasteiger partial charge in [0.2, 0.25) is 0 Å². The van der Waals surface area contributed by atoms with Crippen molar-refractivity contribution in [1.29, 1.82) is 0 Å². The van der Waals surface area contributed by atoms with Crippen molar-refractivity contribution in [2.45, 2.75) is 65.9 Å². The van der Waals surface area contributed by atoms with Gasteiger partial charge in [-0.2, -0.15) is 0 Å². The molecule has 1 atom stereocenters. The molecular weight excluding hydrogens is 260 g/mol. The third-order valence-electron chi connectivity index (χ3n) is 4.86. The third kappa shape index (κ3) is 3.49. The molecule has 0 saturated carbocycles. The van der Waals surface area contributed by atoms with Gasteiger partial charge in [0.05, 0.1) is 6.61 Å². The van der Waals surface area contributed by atoms with Crippen LogP contribution in [0.2, 0.25) is 0 Å². The minimum absolute atomic E-state index is 0.0916. The Balaban J connectivity index is 2.16. The lowest BCUT2D eigenvalue weighted by Crippen LogP contribution is -2.36. The van der Waals surface area contributed by atoms with Gasteiger partial charge in [0.25, 0.3) is 0 Å². The molecule has 0 saturated heterocycles. The second kappa shape index (κ2) is 6.23. The highest BCUT2D eigenvalue weighted by Crippen LogP contribution is 2.40. The van der Waals surface area contributed by atoms with E-state index in [1.54, 1.807) is 0 Å². The zero-order chi connectivity index (χ0) is 15.6. The maximum absolute atomic E-state index is 9.06. The summed E-state index contributed by atoms with van der Waals surface area (Å²) in [6.07, 6.45) is 6.24. The molecule has 1 aliphatic heterocycles. The lowest BCUT2D eigenvalue weighted by atomic mass is 9.86. The largest absolute Gasteiger partial charge is 0.487 e. The molecule has 0 aliphatic carbocycles. The van der Waals surface area contributed by atoms with E-state index < -0.39 is 0 Å². The minimum atomic E-state index is -0.0916. The fourth-order valence-corrected chi connectivity index (χ4v) is 3.03. The normalized spacial score (nSPS) is 21.9. The smallest absolute Gasteiger partial charge is 0.126 e. The predicted molar refractivity (Wildman–Crippen MR) is 88.1 cm³/mol. The van der Waals surface area contributed by atoms with E-state index >= 15 is 0 Å². The lowest BCUT2D eigenvalue weighted by molar-refractivity contribution is 0.0561. The van der Waals surface area contributed by atoms with Crippen LogP contribution in [0.4, 0.5) is 0 Å². The number of rotatable bonds is 4. The van der Waals surface area contributed by atoms with E-state index in [9.17, 15) is 0 Å². The van der Waals surface area contributed by atoms with Crippen LogP contribution < -0.4 is 4.74 Å². The first kappa shape index (κ1) is 16.1. The molecule has 21 heavy (non-hydrogen) atoms. The molecule has 0 radical (unpaired) electrons. The van der Waals surface area contributed by atoms with Crippen LogP contribution in [-0.4, -0.2) is 17.3 Å². The lowest BCUT2D eigenvalue weighted by Gasteiger charge is -2.37. The SMILES string of the molecule is C/C(=C\CC[C@]1(C)CCc2cc(C)c(C)c(C)c2O1)CO. The number of aliphatic hydroxyl groups is 1. The minimum Gasteiger partial charge on any atom is -0.487 e. The number of ether oxygens (including phenoxy) is 1. The molecule has 0 unspecified atom stereocenters. The molecular formula is C19H28O2. The summed E-state index contributed by atoms with van der Waals surface area (Å²) in [5, 5.41) is 9.06. The predicted octanol–water partition coefficient (Wildman–Crippen LogP) is 4.41. The monoisotopic (exact) mass is 288 g/mol. The van der Waals surface area contributed by atoms with Gasteiger partial charge >= 0.3 is 0 Å². The first-order valence-corrected chi connectivity index (χ1v) is 7.91. The van der Waals surface area contributed by atoms with Crippen LogP contribution in [0.5, 0.6) is 5.75 Å². The van der Waals surface area contributed by atoms with Gasteiger partial charge in [-0.15, -0.1) is 0 Å². The average Bonchev–Trinajstić information content (AvgIpc) is 2.46. The highest BCUT2D eigenvalue weighted by atomic mass is 16.5. The maximum Gasteiger partial charge on any atom is 0.126 e. The number of hydrogen-bond donors (Lipinski definition) is 1. The fourth-order valence-electron chi connectivity index (χ4n) is 3.03. The van der Waals surface area contributed by atoms with Crippen LogP contribution in [0, 0.1) is 20.8 Å². The van der Waals surface area contributed by atoms with Crippen molar-refractivity contribution in [1.82, 2.24) is 0 Å². The Morgan fingerprint density at radius 1 is 1.33 bits per heavy atom. The first-order valence-electron chi connectivity index (χ1n) is 7.91. The van der Waals surface area contributed by atoms with Crippen LogP contribution >= 0.6 is 0 Å². The number of allylic oxidation sites excluding steroid dienone is 1. The van der Waals surface area contributed by atoms with E-state index in [2.05, 4.69) is 39.8 Å². The molecule has 0 amide bonds. The third-order valence-corrected chi connectivity index (χ3v) is 4.86. The zero-order valence-electron chi connectivity index (χ0n) is 14.0. The molecule has 2 rings (SSSR count). The van der Waals surface area contributed by atoms with Crippen molar-refractivity contribution in [3.05, 3.63) is 40.0 Å². The highest BCUT2D eigenvalue weighted by molar-refractivity contribution is 5.50. The summed E-state index contributed by atoms with van der Waals surface area (Å²) in [5.74, 6) is 1.11. The van der Waals surface area contributed by atoms with Gasteiger partial charge in [0.1, 0.15) is 11.4 Å². The van der Waals surface area contributed by atoms with E-state index in [4.69, 9.17) is 9.84 Å². The Kier molecular flexibility index (Phi) is 4.77. The number of benzene rings is 1. The van der Waals surface area contributed by atoms with Crippen LogP contribution in [0.3, 0.4) is 0 Å². The highest BCUT2D eigenvalue weighted by Gasteiger charge is 2.32. The number of hydrogen-bond acceptors (Lipinski definition) is 2. The van der Waals surface area contributed by atoms with Crippen LogP contribution in [0.1, 0.15) is 55.4 Å². The van der Waals surface area contributed by atoms with Crippen LogP contribution in [0.15, 0.2) is 17.7 Å². The summed E-state index contributed by atoms with van der Waals surface area (Å²) < 4.78 is 6.41. The molecule has 2 heteroatoms. The molecule has 1 aliphatic rings. The van der Waals surface area contributed by atoms with E-state index in [0.29, 0.717) is 0 Å². The average molecular weight is 288 g/mol. The second-order valence-electron chi connectivity index (χ2n) is 6.73. The maximum atomic E-state index is 9.06. The summed E-state index contributed by atoms with van der Waals surface area (Å²) in [6.45, 7) is 10.9. The van der Waals surface area contributed by atoms with Gasteiger partial charge < -0.3 is 9.84 Å². The van der Waals surface area contributed by atoms with Gasteiger partial charge in [-0.25, -0.2) is 0 Å². The molecule has 0 spiro atoms. The summed E-state index contributed by atoms with van der Waals surface area (Å²) in [4.78, 5) is 0. The standard InChI is InChI=1S/C19H28O2/c1-13(12-20)7-6-9-19(5)10-8-17-11-14(2)15(3)16(4)18(17)21-19/h7,11,20H,6,8-10,12H2,1-5H3/b13-7+/t19-/m1/s1. The van der Waals surface area contributed by atoms with Gasteiger partial charge in [0.15, 0.2) is 0 Å². The molecule has 116 valence electrons. The Labute approximate surface area is 128 Å².